The standard InChI is InChI=1S/C25H23NO6/c1-13-9-16(11-19(22(13)27)24(29)30)21(15-5-7-18(8-6-15)26(3)4)17-10-14(2)23(28)20(12-17)25(31)32/h5-12,27H,1-4H3,(H,29,30)(H,31,32)/b21-17-. The number of aliphatic carboxylic acids is 1. The summed E-state index contributed by atoms with van der Waals surface area (Å²) in [4.78, 5) is 37.6. The number of aryl methyl sites for hydroxylation is 1. The van der Waals surface area contributed by atoms with E-state index in [1.54, 1.807) is 19.1 Å². The molecule has 0 spiro atoms. The molecule has 2 aromatic carbocycles. The molecule has 1 aliphatic carbocycles. The third-order valence-electron chi connectivity index (χ3n) is 5.29. The van der Waals surface area contributed by atoms with E-state index in [2.05, 4.69) is 0 Å². The maximum Gasteiger partial charge on any atom is 0.339 e. The van der Waals surface area contributed by atoms with Crippen LogP contribution in [-0.2, 0) is 9.59 Å². The molecule has 0 atom stereocenters. The summed E-state index contributed by atoms with van der Waals surface area (Å²) in [5.74, 6) is -3.53. The quantitative estimate of drug-likeness (QED) is 0.614. The van der Waals surface area contributed by atoms with Crippen molar-refractivity contribution in [2.24, 2.45) is 0 Å². The maximum atomic E-state index is 12.3. The van der Waals surface area contributed by atoms with Crippen LogP contribution in [0.1, 0.15) is 34.0 Å². The van der Waals surface area contributed by atoms with Gasteiger partial charge >= 0.3 is 11.9 Å². The smallest absolute Gasteiger partial charge is 0.339 e. The SMILES string of the molecule is CC1=C/C(=C(\c2ccc(N(C)C)cc2)c2cc(C)c(O)c(C(=O)O)c2)C=C(C(=O)O)C1=O. The Labute approximate surface area is 185 Å². The van der Waals surface area contributed by atoms with Crippen molar-refractivity contribution in [1.82, 2.24) is 0 Å². The predicted molar refractivity (Wildman–Crippen MR) is 121 cm³/mol. The van der Waals surface area contributed by atoms with Crippen LogP contribution in [0.4, 0.5) is 5.69 Å². The molecule has 0 heterocycles. The van der Waals surface area contributed by atoms with Crippen LogP contribution in [0.25, 0.3) is 5.57 Å². The van der Waals surface area contributed by atoms with Gasteiger partial charge in [0.2, 0.25) is 0 Å². The van der Waals surface area contributed by atoms with E-state index in [1.165, 1.54) is 19.1 Å². The molecule has 0 saturated heterocycles. The molecule has 7 heteroatoms. The van der Waals surface area contributed by atoms with Gasteiger partial charge in [0.05, 0.1) is 0 Å². The van der Waals surface area contributed by atoms with Crippen molar-refractivity contribution in [3.63, 3.8) is 0 Å². The average molecular weight is 433 g/mol. The summed E-state index contributed by atoms with van der Waals surface area (Å²) in [6.07, 6.45) is 2.89. The van der Waals surface area contributed by atoms with Crippen LogP contribution >= 0.6 is 0 Å². The Balaban J connectivity index is 2.38. The van der Waals surface area contributed by atoms with Gasteiger partial charge in [0.15, 0.2) is 5.78 Å². The molecule has 1 aliphatic rings. The third-order valence-corrected chi connectivity index (χ3v) is 5.29. The first-order valence-corrected chi connectivity index (χ1v) is 9.78. The molecule has 3 N–H and O–H groups in total. The summed E-state index contributed by atoms with van der Waals surface area (Å²) in [5.41, 5.74) is 3.11. The van der Waals surface area contributed by atoms with Gasteiger partial charge < -0.3 is 20.2 Å². The van der Waals surface area contributed by atoms with Gasteiger partial charge in [-0.3, -0.25) is 4.79 Å². The summed E-state index contributed by atoms with van der Waals surface area (Å²) in [7, 11) is 3.80. The molecule has 0 bridgehead atoms. The Morgan fingerprint density at radius 3 is 2.03 bits per heavy atom. The number of anilines is 1. The van der Waals surface area contributed by atoms with Crippen LogP contribution in [-0.4, -0.2) is 47.1 Å². The minimum atomic E-state index is -1.34. The lowest BCUT2D eigenvalue weighted by atomic mass is 9.85. The number of ketones is 1. The summed E-state index contributed by atoms with van der Waals surface area (Å²) in [6, 6.07) is 10.4. The van der Waals surface area contributed by atoms with Gasteiger partial charge in [-0.25, -0.2) is 9.59 Å². The Morgan fingerprint density at radius 2 is 1.50 bits per heavy atom. The molecule has 32 heavy (non-hydrogen) atoms. The minimum absolute atomic E-state index is 0.260. The predicted octanol–water partition coefficient (Wildman–Crippen LogP) is 3.81. The molecule has 0 fully saturated rings. The van der Waals surface area contributed by atoms with Crippen LogP contribution < -0.4 is 4.90 Å². The zero-order chi connectivity index (χ0) is 23.7. The highest BCUT2D eigenvalue weighted by molar-refractivity contribution is 6.25. The molecule has 7 nitrogen and oxygen atoms in total. The number of Topliss-reactive ketones (excluding diaryl/α,β-unsaturated/α-hetero) is 1. The number of nitrogens with zero attached hydrogens (tertiary/aromatic N) is 1. The van der Waals surface area contributed by atoms with E-state index < -0.39 is 17.7 Å². The normalized spacial score (nSPS) is 15.1. The second kappa shape index (κ2) is 8.55. The monoisotopic (exact) mass is 433 g/mol. The Hall–Kier alpha value is -4.13. The van der Waals surface area contributed by atoms with E-state index in [0.717, 1.165) is 5.69 Å². The van der Waals surface area contributed by atoms with E-state index in [0.29, 0.717) is 27.8 Å². The van der Waals surface area contributed by atoms with Crippen LogP contribution in [0, 0.1) is 6.92 Å². The first kappa shape index (κ1) is 22.6. The van der Waals surface area contributed by atoms with Crippen molar-refractivity contribution >= 4 is 29.0 Å². The molecule has 0 saturated carbocycles. The van der Waals surface area contributed by atoms with Crippen LogP contribution in [0.15, 0.2) is 65.3 Å². The Morgan fingerprint density at radius 1 is 0.875 bits per heavy atom. The van der Waals surface area contributed by atoms with Crippen molar-refractivity contribution in [3.05, 3.63) is 87.5 Å². The molecule has 0 aliphatic heterocycles. The van der Waals surface area contributed by atoms with Gasteiger partial charge in [0.1, 0.15) is 16.9 Å². The summed E-state index contributed by atoms with van der Waals surface area (Å²) in [6.45, 7) is 3.13. The van der Waals surface area contributed by atoms with Crippen molar-refractivity contribution in [2.75, 3.05) is 19.0 Å². The molecule has 2 aromatic rings. The number of carboxylic acid groups (broad SMARTS) is 2. The van der Waals surface area contributed by atoms with Crippen molar-refractivity contribution in [2.45, 2.75) is 13.8 Å². The second-order valence-corrected chi connectivity index (χ2v) is 7.79. The lowest BCUT2D eigenvalue weighted by Gasteiger charge is -2.19. The highest BCUT2D eigenvalue weighted by atomic mass is 16.4. The number of hydrogen-bond donors (Lipinski definition) is 3. The number of aromatic carboxylic acids is 1. The van der Waals surface area contributed by atoms with Crippen molar-refractivity contribution < 1.29 is 29.7 Å². The number of carbonyl (C=O) groups excluding carboxylic acids is 1. The molecule has 164 valence electrons. The zero-order valence-corrected chi connectivity index (χ0v) is 18.1. The number of carbonyl (C=O) groups is 3. The number of carboxylic acids is 2. The number of allylic oxidation sites excluding steroid dienone is 4. The van der Waals surface area contributed by atoms with E-state index in [-0.39, 0.29) is 22.5 Å². The molecule has 0 amide bonds. The van der Waals surface area contributed by atoms with Crippen LogP contribution in [0.2, 0.25) is 0 Å². The average Bonchev–Trinajstić information content (AvgIpc) is 2.72. The van der Waals surface area contributed by atoms with Gasteiger partial charge in [-0.05, 0) is 83.7 Å². The summed E-state index contributed by atoms with van der Waals surface area (Å²) in [5, 5.41) is 29.2. The summed E-state index contributed by atoms with van der Waals surface area (Å²) < 4.78 is 0. The molecular formula is C25H23NO6. The van der Waals surface area contributed by atoms with Gasteiger partial charge in [0.25, 0.3) is 0 Å². The first-order chi connectivity index (χ1) is 15.0. The fourth-order valence-corrected chi connectivity index (χ4v) is 3.59. The number of phenols is 1. The number of benzene rings is 2. The van der Waals surface area contributed by atoms with Gasteiger partial charge in [-0.15, -0.1) is 0 Å². The topological polar surface area (TPSA) is 115 Å². The lowest BCUT2D eigenvalue weighted by molar-refractivity contribution is -0.134. The second-order valence-electron chi connectivity index (χ2n) is 7.79. The fourth-order valence-electron chi connectivity index (χ4n) is 3.59. The van der Waals surface area contributed by atoms with Crippen LogP contribution in [0.5, 0.6) is 5.75 Å². The minimum Gasteiger partial charge on any atom is -0.507 e. The maximum absolute atomic E-state index is 12.3. The number of hydrogen-bond acceptors (Lipinski definition) is 5. The fraction of sp³-hybridized carbons (Fsp3) is 0.160. The van der Waals surface area contributed by atoms with Crippen LogP contribution in [0.3, 0.4) is 0 Å². The van der Waals surface area contributed by atoms with E-state index in [1.807, 2.05) is 43.3 Å². The molecule has 0 radical (unpaired) electrons. The van der Waals surface area contributed by atoms with Gasteiger partial charge in [-0.1, -0.05) is 12.1 Å². The lowest BCUT2D eigenvalue weighted by Crippen LogP contribution is -2.17. The summed E-state index contributed by atoms with van der Waals surface area (Å²) >= 11 is 0. The van der Waals surface area contributed by atoms with Crippen molar-refractivity contribution in [1.29, 1.82) is 0 Å². The molecule has 3 rings (SSSR count). The Kier molecular flexibility index (Phi) is 6.02. The highest BCUT2D eigenvalue weighted by Gasteiger charge is 2.25. The molecular weight excluding hydrogens is 410 g/mol. The highest BCUT2D eigenvalue weighted by Crippen LogP contribution is 2.36. The first-order valence-electron chi connectivity index (χ1n) is 9.78. The number of aromatic hydroxyl groups is 1. The Bertz CT molecular complexity index is 1230. The molecule has 0 unspecified atom stereocenters. The third kappa shape index (κ3) is 4.18. The van der Waals surface area contributed by atoms with Gasteiger partial charge in [-0.2, -0.15) is 0 Å². The zero-order valence-electron chi connectivity index (χ0n) is 18.1. The van der Waals surface area contributed by atoms with E-state index in [4.69, 9.17) is 0 Å². The molecule has 0 aromatic heterocycles. The van der Waals surface area contributed by atoms with Crippen molar-refractivity contribution in [3.8, 4) is 5.75 Å². The number of rotatable bonds is 5. The van der Waals surface area contributed by atoms with E-state index in [9.17, 15) is 29.7 Å². The van der Waals surface area contributed by atoms with Gasteiger partial charge in [0, 0.05) is 19.8 Å². The largest absolute Gasteiger partial charge is 0.507 e. The van der Waals surface area contributed by atoms with E-state index >= 15 is 0 Å².